The third-order valence-electron chi connectivity index (χ3n) is 2.60. The Kier molecular flexibility index (Phi) is 6.37. The van der Waals surface area contributed by atoms with Gasteiger partial charge < -0.3 is 19.7 Å². The number of methoxy groups -OCH3 is 1. The van der Waals surface area contributed by atoms with E-state index in [-0.39, 0.29) is 12.8 Å². The molecule has 1 atom stereocenters. The molecule has 5 nitrogen and oxygen atoms in total. The van der Waals surface area contributed by atoms with Gasteiger partial charge in [-0.1, -0.05) is 33.3 Å². The lowest BCUT2D eigenvalue weighted by molar-refractivity contribution is -0.402. The maximum absolute atomic E-state index is 11.2. The largest absolute Gasteiger partial charge is 0.402 e. The zero-order chi connectivity index (χ0) is 13.5. The van der Waals surface area contributed by atoms with Crippen LogP contribution in [0.4, 0.5) is 0 Å². The van der Waals surface area contributed by atoms with Crippen LogP contribution in [-0.4, -0.2) is 34.9 Å². The van der Waals surface area contributed by atoms with E-state index in [4.69, 9.17) is 9.47 Å². The first-order chi connectivity index (χ1) is 7.89. The van der Waals surface area contributed by atoms with Crippen molar-refractivity contribution < 1.29 is 24.5 Å². The molecular weight excluding hydrogens is 224 g/mol. The van der Waals surface area contributed by atoms with Crippen LogP contribution in [0.15, 0.2) is 12.7 Å². The molecular formula is C12H22O5. The molecule has 0 spiro atoms. The highest BCUT2D eigenvalue weighted by Crippen LogP contribution is 2.33. The number of ether oxygens (including phenoxy) is 2. The monoisotopic (exact) mass is 246 g/mol. The first-order valence-electron chi connectivity index (χ1n) is 5.74. The van der Waals surface area contributed by atoms with Crippen LogP contribution in [0, 0.1) is 0 Å². The van der Waals surface area contributed by atoms with Crippen LogP contribution >= 0.6 is 0 Å². The fourth-order valence-electron chi connectivity index (χ4n) is 1.77. The lowest BCUT2D eigenvalue weighted by Crippen LogP contribution is -2.58. The highest BCUT2D eigenvalue weighted by atomic mass is 16.8. The fourth-order valence-corrected chi connectivity index (χ4v) is 1.77. The number of esters is 1. The standard InChI is InChI=1S/C12H22O5/c1-5-8-11(14,9-6-2)12(15,16-4)17-10(13)7-3/h7,14-15H,3,5-6,8-9H2,1-2,4H3. The second-order valence-corrected chi connectivity index (χ2v) is 3.94. The van der Waals surface area contributed by atoms with E-state index in [1.54, 1.807) is 0 Å². The van der Waals surface area contributed by atoms with Crippen molar-refractivity contribution in [1.82, 2.24) is 0 Å². The Morgan fingerprint density at radius 3 is 2.06 bits per heavy atom. The van der Waals surface area contributed by atoms with Crippen molar-refractivity contribution in [3.05, 3.63) is 12.7 Å². The van der Waals surface area contributed by atoms with Crippen LogP contribution in [-0.2, 0) is 14.3 Å². The molecule has 100 valence electrons. The zero-order valence-electron chi connectivity index (χ0n) is 10.7. The molecule has 17 heavy (non-hydrogen) atoms. The van der Waals surface area contributed by atoms with Gasteiger partial charge in [0, 0.05) is 13.2 Å². The summed E-state index contributed by atoms with van der Waals surface area (Å²) in [6.45, 7) is 6.94. The van der Waals surface area contributed by atoms with Gasteiger partial charge in [0.05, 0.1) is 0 Å². The predicted octanol–water partition coefficient (Wildman–Crippen LogP) is 1.34. The Bertz CT molecular complexity index is 258. The van der Waals surface area contributed by atoms with Gasteiger partial charge in [0.1, 0.15) is 0 Å². The Morgan fingerprint density at radius 2 is 1.76 bits per heavy atom. The van der Waals surface area contributed by atoms with Crippen LogP contribution in [0.5, 0.6) is 0 Å². The summed E-state index contributed by atoms with van der Waals surface area (Å²) in [5.74, 6) is -3.19. The lowest BCUT2D eigenvalue weighted by Gasteiger charge is -2.40. The molecule has 1 unspecified atom stereocenters. The van der Waals surface area contributed by atoms with Crippen molar-refractivity contribution in [1.29, 1.82) is 0 Å². The summed E-state index contributed by atoms with van der Waals surface area (Å²) < 4.78 is 9.53. The van der Waals surface area contributed by atoms with Gasteiger partial charge in [-0.3, -0.25) is 0 Å². The van der Waals surface area contributed by atoms with Crippen LogP contribution in [0.3, 0.4) is 0 Å². The molecule has 0 fully saturated rings. The van der Waals surface area contributed by atoms with E-state index in [0.717, 1.165) is 6.08 Å². The molecule has 0 aromatic rings. The summed E-state index contributed by atoms with van der Waals surface area (Å²) in [7, 11) is 1.17. The highest BCUT2D eigenvalue weighted by Gasteiger charge is 2.52. The molecule has 0 bridgehead atoms. The maximum Gasteiger partial charge on any atom is 0.357 e. The van der Waals surface area contributed by atoms with Crippen LogP contribution in [0.2, 0.25) is 0 Å². The van der Waals surface area contributed by atoms with Gasteiger partial charge >= 0.3 is 11.9 Å². The average Bonchev–Trinajstić information content (AvgIpc) is 2.29. The number of carbonyl (C=O) groups is 1. The summed E-state index contributed by atoms with van der Waals surface area (Å²) >= 11 is 0. The van der Waals surface area contributed by atoms with Crippen molar-refractivity contribution in [3.8, 4) is 0 Å². The normalized spacial score (nSPS) is 15.1. The molecule has 0 saturated heterocycles. The molecule has 0 aliphatic heterocycles. The minimum atomic E-state index is -2.34. The van der Waals surface area contributed by atoms with Gasteiger partial charge in [0.15, 0.2) is 5.60 Å². The second kappa shape index (κ2) is 6.74. The smallest absolute Gasteiger partial charge is 0.357 e. The Balaban J connectivity index is 5.10. The van der Waals surface area contributed by atoms with E-state index in [1.165, 1.54) is 7.11 Å². The summed E-state index contributed by atoms with van der Waals surface area (Å²) in [6, 6.07) is 0. The van der Waals surface area contributed by atoms with Crippen LogP contribution in [0.1, 0.15) is 39.5 Å². The first kappa shape index (κ1) is 16.1. The van der Waals surface area contributed by atoms with E-state index >= 15 is 0 Å². The molecule has 0 aliphatic carbocycles. The third kappa shape index (κ3) is 3.80. The van der Waals surface area contributed by atoms with E-state index in [2.05, 4.69) is 6.58 Å². The van der Waals surface area contributed by atoms with Gasteiger partial charge in [0.2, 0.25) is 0 Å². The molecule has 0 amide bonds. The molecule has 5 heteroatoms. The molecule has 0 rings (SSSR count). The molecule has 0 radical (unpaired) electrons. The Hall–Kier alpha value is -0.910. The molecule has 0 saturated carbocycles. The lowest BCUT2D eigenvalue weighted by atomic mass is 9.90. The van der Waals surface area contributed by atoms with E-state index in [1.807, 2.05) is 13.8 Å². The number of hydrogen-bond acceptors (Lipinski definition) is 5. The van der Waals surface area contributed by atoms with Gasteiger partial charge in [-0.05, 0) is 12.8 Å². The average molecular weight is 246 g/mol. The quantitative estimate of drug-likeness (QED) is 0.384. The summed E-state index contributed by atoms with van der Waals surface area (Å²) in [5, 5.41) is 20.5. The van der Waals surface area contributed by atoms with E-state index in [0.29, 0.717) is 12.8 Å². The molecule has 0 aromatic carbocycles. The fraction of sp³-hybridized carbons (Fsp3) is 0.750. The minimum absolute atomic E-state index is 0.260. The van der Waals surface area contributed by atoms with Crippen molar-refractivity contribution in [2.24, 2.45) is 0 Å². The van der Waals surface area contributed by atoms with Crippen LogP contribution < -0.4 is 0 Å². The molecule has 2 N–H and O–H groups in total. The van der Waals surface area contributed by atoms with Crippen molar-refractivity contribution in [2.75, 3.05) is 7.11 Å². The van der Waals surface area contributed by atoms with Gasteiger partial charge in [-0.2, -0.15) is 0 Å². The van der Waals surface area contributed by atoms with Crippen molar-refractivity contribution in [2.45, 2.75) is 51.1 Å². The minimum Gasteiger partial charge on any atom is -0.402 e. The molecule has 0 aromatic heterocycles. The highest BCUT2D eigenvalue weighted by molar-refractivity contribution is 5.81. The van der Waals surface area contributed by atoms with E-state index in [9.17, 15) is 15.0 Å². The summed E-state index contributed by atoms with van der Waals surface area (Å²) in [5.41, 5.74) is -1.62. The third-order valence-corrected chi connectivity index (χ3v) is 2.60. The summed E-state index contributed by atoms with van der Waals surface area (Å²) in [6.07, 6.45) is 2.66. The van der Waals surface area contributed by atoms with Crippen molar-refractivity contribution >= 4 is 5.97 Å². The Morgan fingerprint density at radius 1 is 1.29 bits per heavy atom. The number of aliphatic hydroxyl groups is 2. The van der Waals surface area contributed by atoms with Gasteiger partial charge in [-0.15, -0.1) is 0 Å². The van der Waals surface area contributed by atoms with E-state index < -0.39 is 17.5 Å². The van der Waals surface area contributed by atoms with Gasteiger partial charge in [0.25, 0.3) is 0 Å². The second-order valence-electron chi connectivity index (χ2n) is 3.94. The topological polar surface area (TPSA) is 76.0 Å². The molecule has 0 heterocycles. The maximum atomic E-state index is 11.2. The van der Waals surface area contributed by atoms with Crippen LogP contribution in [0.25, 0.3) is 0 Å². The number of hydrogen-bond donors (Lipinski definition) is 2. The number of rotatable bonds is 8. The summed E-state index contributed by atoms with van der Waals surface area (Å²) in [4.78, 5) is 11.2. The zero-order valence-corrected chi connectivity index (χ0v) is 10.7. The predicted molar refractivity (Wildman–Crippen MR) is 63.0 cm³/mol. The SMILES string of the molecule is C=CC(=O)OC(O)(OC)C(O)(CCC)CCC. The Labute approximate surface area is 102 Å². The first-order valence-corrected chi connectivity index (χ1v) is 5.74. The molecule has 0 aliphatic rings. The van der Waals surface area contributed by atoms with Gasteiger partial charge in [-0.25, -0.2) is 4.79 Å². The number of carbonyl (C=O) groups excluding carboxylic acids is 1. The van der Waals surface area contributed by atoms with Crippen molar-refractivity contribution in [3.63, 3.8) is 0 Å².